The van der Waals surface area contributed by atoms with E-state index in [9.17, 15) is 0 Å². The molecule has 0 atom stereocenters. The van der Waals surface area contributed by atoms with Crippen molar-refractivity contribution >= 4 is 0 Å². The van der Waals surface area contributed by atoms with Crippen molar-refractivity contribution in [2.75, 3.05) is 0 Å². The Balaban J connectivity index is 2.08. The van der Waals surface area contributed by atoms with Crippen LogP contribution in [0.1, 0.15) is 48.4 Å². The highest BCUT2D eigenvalue weighted by Gasteiger charge is 2.40. The number of benzene rings is 2. The molecular formula is C20H24. The van der Waals surface area contributed by atoms with Crippen molar-refractivity contribution in [1.29, 1.82) is 0 Å². The van der Waals surface area contributed by atoms with E-state index < -0.39 is 0 Å². The lowest BCUT2D eigenvalue weighted by molar-refractivity contribution is 0.211. The lowest BCUT2D eigenvalue weighted by atomic mass is 9.60. The molecule has 2 aromatic rings. The fourth-order valence-corrected chi connectivity index (χ4v) is 3.42. The molecule has 0 heteroatoms. The van der Waals surface area contributed by atoms with Gasteiger partial charge in [-0.25, -0.2) is 0 Å². The van der Waals surface area contributed by atoms with Crippen LogP contribution in [0.2, 0.25) is 0 Å². The van der Waals surface area contributed by atoms with E-state index in [1.807, 2.05) is 0 Å². The summed E-state index contributed by atoms with van der Waals surface area (Å²) >= 11 is 0. The van der Waals surface area contributed by atoms with Crippen molar-refractivity contribution in [1.82, 2.24) is 0 Å². The van der Waals surface area contributed by atoms with Gasteiger partial charge in [-0.15, -0.1) is 0 Å². The van der Waals surface area contributed by atoms with Crippen molar-refractivity contribution in [3.63, 3.8) is 0 Å². The zero-order chi connectivity index (χ0) is 14.2. The topological polar surface area (TPSA) is 0 Å². The van der Waals surface area contributed by atoms with Gasteiger partial charge in [0.15, 0.2) is 0 Å². The Morgan fingerprint density at radius 3 is 1.45 bits per heavy atom. The first-order valence-electron chi connectivity index (χ1n) is 7.75. The lowest BCUT2D eigenvalue weighted by Crippen LogP contribution is -2.37. The Hall–Kier alpha value is -1.56. The van der Waals surface area contributed by atoms with Gasteiger partial charge < -0.3 is 0 Å². The minimum Gasteiger partial charge on any atom is -0.0590 e. The van der Waals surface area contributed by atoms with E-state index in [2.05, 4.69) is 69.3 Å². The average Bonchev–Trinajstić information content (AvgIpc) is 2.38. The molecule has 0 aromatic heterocycles. The van der Waals surface area contributed by atoms with E-state index in [1.54, 1.807) is 0 Å². The fourth-order valence-electron chi connectivity index (χ4n) is 3.42. The van der Waals surface area contributed by atoms with Gasteiger partial charge in [-0.3, -0.25) is 0 Å². The third-order valence-corrected chi connectivity index (χ3v) is 5.22. The monoisotopic (exact) mass is 264 g/mol. The van der Waals surface area contributed by atoms with Crippen LogP contribution in [0.5, 0.6) is 0 Å². The van der Waals surface area contributed by atoms with E-state index >= 15 is 0 Å². The number of aryl methyl sites for hydroxylation is 2. The van der Waals surface area contributed by atoms with E-state index in [1.165, 1.54) is 41.5 Å². The zero-order valence-electron chi connectivity index (χ0n) is 12.8. The molecule has 0 amide bonds. The molecule has 1 aliphatic rings. The quantitative estimate of drug-likeness (QED) is 0.695. The predicted octanol–water partition coefficient (Wildman–Crippen LogP) is 5.41. The largest absolute Gasteiger partial charge is 0.0590 e. The Morgan fingerprint density at radius 2 is 1.15 bits per heavy atom. The van der Waals surface area contributed by atoms with Gasteiger partial charge in [0.1, 0.15) is 0 Å². The highest BCUT2D eigenvalue weighted by Crippen LogP contribution is 2.48. The van der Waals surface area contributed by atoms with Gasteiger partial charge in [0.25, 0.3) is 0 Å². The molecule has 2 aromatic carbocycles. The molecule has 1 saturated carbocycles. The molecule has 0 heterocycles. The van der Waals surface area contributed by atoms with Crippen LogP contribution < -0.4 is 0 Å². The van der Waals surface area contributed by atoms with E-state index in [-0.39, 0.29) is 5.41 Å². The molecule has 1 aliphatic carbocycles. The number of hydrogen-bond acceptors (Lipinski definition) is 0. The van der Waals surface area contributed by atoms with Crippen LogP contribution in [-0.4, -0.2) is 0 Å². The Bertz CT molecular complexity index is 525. The SMILES string of the molecule is Cc1ccc(C(C)(c2ccc(C)cc2)C2CCC2)cc1. The second-order valence-electron chi connectivity index (χ2n) is 6.56. The number of hydrogen-bond donors (Lipinski definition) is 0. The number of rotatable bonds is 3. The van der Waals surface area contributed by atoms with Gasteiger partial charge in [-0.1, -0.05) is 73.0 Å². The first-order valence-corrected chi connectivity index (χ1v) is 7.75. The Kier molecular flexibility index (Phi) is 3.41. The third-order valence-electron chi connectivity index (χ3n) is 5.22. The molecular weight excluding hydrogens is 240 g/mol. The Labute approximate surface area is 122 Å². The summed E-state index contributed by atoms with van der Waals surface area (Å²) in [6, 6.07) is 18.3. The van der Waals surface area contributed by atoms with E-state index in [4.69, 9.17) is 0 Å². The average molecular weight is 264 g/mol. The molecule has 1 fully saturated rings. The molecule has 0 N–H and O–H groups in total. The molecule has 0 spiro atoms. The normalized spacial score (nSPS) is 15.9. The van der Waals surface area contributed by atoms with Crippen LogP contribution in [-0.2, 0) is 5.41 Å². The van der Waals surface area contributed by atoms with Crippen LogP contribution in [0.25, 0.3) is 0 Å². The van der Waals surface area contributed by atoms with Crippen molar-refractivity contribution in [2.45, 2.75) is 45.4 Å². The third kappa shape index (κ3) is 2.18. The van der Waals surface area contributed by atoms with Gasteiger partial charge >= 0.3 is 0 Å². The van der Waals surface area contributed by atoms with Crippen LogP contribution >= 0.6 is 0 Å². The van der Waals surface area contributed by atoms with Gasteiger partial charge in [0.2, 0.25) is 0 Å². The smallest absolute Gasteiger partial charge is 0.0202 e. The van der Waals surface area contributed by atoms with Crippen LogP contribution in [0, 0.1) is 19.8 Å². The first kappa shape index (κ1) is 13.4. The maximum atomic E-state index is 2.44. The minimum atomic E-state index is 0.166. The molecule has 104 valence electrons. The molecule has 0 saturated heterocycles. The summed E-state index contributed by atoms with van der Waals surface area (Å²) in [5, 5.41) is 0. The van der Waals surface area contributed by atoms with Gasteiger partial charge in [-0.05, 0) is 43.7 Å². The summed E-state index contributed by atoms with van der Waals surface area (Å²) in [7, 11) is 0. The second kappa shape index (κ2) is 5.09. The summed E-state index contributed by atoms with van der Waals surface area (Å²) in [5.74, 6) is 0.785. The highest BCUT2D eigenvalue weighted by molar-refractivity contribution is 5.41. The molecule has 0 aliphatic heterocycles. The Morgan fingerprint density at radius 1 is 0.750 bits per heavy atom. The lowest BCUT2D eigenvalue weighted by Gasteiger charge is -2.44. The van der Waals surface area contributed by atoms with Crippen molar-refractivity contribution in [3.05, 3.63) is 70.8 Å². The summed E-state index contributed by atoms with van der Waals surface area (Å²) in [5.41, 5.74) is 5.79. The fraction of sp³-hybridized carbons (Fsp3) is 0.400. The molecule has 0 nitrogen and oxygen atoms in total. The molecule has 0 bridgehead atoms. The summed E-state index contributed by atoms with van der Waals surface area (Å²) in [6.45, 7) is 6.76. The van der Waals surface area contributed by atoms with E-state index in [0.717, 1.165) is 5.92 Å². The van der Waals surface area contributed by atoms with Gasteiger partial charge in [-0.2, -0.15) is 0 Å². The van der Waals surface area contributed by atoms with Crippen molar-refractivity contribution in [3.8, 4) is 0 Å². The maximum Gasteiger partial charge on any atom is 0.0202 e. The van der Waals surface area contributed by atoms with Crippen molar-refractivity contribution in [2.24, 2.45) is 5.92 Å². The van der Waals surface area contributed by atoms with E-state index in [0.29, 0.717) is 0 Å². The van der Waals surface area contributed by atoms with Gasteiger partial charge in [0.05, 0.1) is 0 Å². The van der Waals surface area contributed by atoms with Crippen molar-refractivity contribution < 1.29 is 0 Å². The van der Waals surface area contributed by atoms with Gasteiger partial charge in [0, 0.05) is 5.41 Å². The molecule has 20 heavy (non-hydrogen) atoms. The second-order valence-corrected chi connectivity index (χ2v) is 6.56. The summed E-state index contributed by atoms with van der Waals surface area (Å²) < 4.78 is 0. The summed E-state index contributed by atoms with van der Waals surface area (Å²) in [4.78, 5) is 0. The zero-order valence-corrected chi connectivity index (χ0v) is 12.8. The van der Waals surface area contributed by atoms with Crippen LogP contribution in [0.3, 0.4) is 0 Å². The first-order chi connectivity index (χ1) is 9.60. The summed E-state index contributed by atoms with van der Waals surface area (Å²) in [6.07, 6.45) is 4.11. The standard InChI is InChI=1S/C20H24/c1-15-7-11-18(12-8-15)20(3,17-5-4-6-17)19-13-9-16(2)10-14-19/h7-14,17H,4-6H2,1-3H3. The molecule has 3 rings (SSSR count). The van der Waals surface area contributed by atoms with Crippen LogP contribution in [0.4, 0.5) is 0 Å². The van der Waals surface area contributed by atoms with Crippen LogP contribution in [0.15, 0.2) is 48.5 Å². The molecule has 0 unspecified atom stereocenters. The minimum absolute atomic E-state index is 0.166. The highest BCUT2D eigenvalue weighted by atomic mass is 14.4. The molecule has 0 radical (unpaired) electrons. The predicted molar refractivity (Wildman–Crippen MR) is 86.2 cm³/mol. The maximum absolute atomic E-state index is 2.44.